The largest absolute Gasteiger partial charge is 0.374 e. The SMILES string of the molecule is C=CCOC1CCN(C(=O)c2cccn2C)C(C(=O)NC(C)C(N)=O)C1. The van der Waals surface area contributed by atoms with E-state index >= 15 is 0 Å². The number of primary amides is 1. The fourth-order valence-corrected chi connectivity index (χ4v) is 2.99. The minimum atomic E-state index is -0.816. The van der Waals surface area contributed by atoms with Gasteiger partial charge < -0.3 is 25.3 Å². The number of ether oxygens (including phenoxy) is 1. The van der Waals surface area contributed by atoms with Gasteiger partial charge in [-0.15, -0.1) is 6.58 Å². The first-order chi connectivity index (χ1) is 12.3. The molecule has 2 heterocycles. The van der Waals surface area contributed by atoms with Crippen LogP contribution in [-0.4, -0.2) is 58.5 Å². The monoisotopic (exact) mass is 362 g/mol. The zero-order chi connectivity index (χ0) is 19.3. The Morgan fingerprint density at radius 1 is 1.50 bits per heavy atom. The molecule has 0 spiro atoms. The van der Waals surface area contributed by atoms with Crippen molar-refractivity contribution in [3.63, 3.8) is 0 Å². The van der Waals surface area contributed by atoms with Crippen LogP contribution in [0.15, 0.2) is 31.0 Å². The van der Waals surface area contributed by atoms with Crippen LogP contribution < -0.4 is 11.1 Å². The van der Waals surface area contributed by atoms with E-state index in [1.807, 2.05) is 0 Å². The molecule has 3 amide bonds. The predicted molar refractivity (Wildman–Crippen MR) is 96.2 cm³/mol. The van der Waals surface area contributed by atoms with Gasteiger partial charge in [0.1, 0.15) is 17.8 Å². The summed E-state index contributed by atoms with van der Waals surface area (Å²) in [7, 11) is 1.78. The van der Waals surface area contributed by atoms with Gasteiger partial charge in [0.2, 0.25) is 11.8 Å². The molecule has 3 unspecified atom stereocenters. The Balaban J connectivity index is 2.19. The normalized spacial score (nSPS) is 21.1. The molecule has 1 aliphatic heterocycles. The Morgan fingerprint density at radius 3 is 2.81 bits per heavy atom. The molecule has 0 aromatic carbocycles. The number of carbonyl (C=O) groups excluding carboxylic acids is 3. The zero-order valence-electron chi connectivity index (χ0n) is 15.2. The lowest BCUT2D eigenvalue weighted by atomic mass is 9.97. The molecule has 8 heteroatoms. The van der Waals surface area contributed by atoms with Crippen LogP contribution in [0, 0.1) is 0 Å². The van der Waals surface area contributed by atoms with Crippen molar-refractivity contribution in [1.29, 1.82) is 0 Å². The van der Waals surface area contributed by atoms with Gasteiger partial charge in [0, 0.05) is 26.2 Å². The van der Waals surface area contributed by atoms with Crippen LogP contribution in [0.25, 0.3) is 0 Å². The number of rotatable bonds is 7. The van der Waals surface area contributed by atoms with Crippen molar-refractivity contribution in [3.05, 3.63) is 36.7 Å². The molecule has 8 nitrogen and oxygen atoms in total. The molecule has 1 saturated heterocycles. The van der Waals surface area contributed by atoms with Gasteiger partial charge in [-0.1, -0.05) is 6.08 Å². The Labute approximate surface area is 153 Å². The third kappa shape index (κ3) is 4.51. The summed E-state index contributed by atoms with van der Waals surface area (Å²) in [5.74, 6) is -1.27. The van der Waals surface area contributed by atoms with Crippen LogP contribution in [0.2, 0.25) is 0 Å². The molecule has 26 heavy (non-hydrogen) atoms. The number of piperidine rings is 1. The minimum Gasteiger partial charge on any atom is -0.374 e. The summed E-state index contributed by atoms with van der Waals surface area (Å²) in [5, 5.41) is 2.58. The lowest BCUT2D eigenvalue weighted by Crippen LogP contribution is -2.57. The second kappa shape index (κ2) is 8.66. The fourth-order valence-electron chi connectivity index (χ4n) is 2.99. The smallest absolute Gasteiger partial charge is 0.271 e. The van der Waals surface area contributed by atoms with E-state index in [1.54, 1.807) is 36.0 Å². The van der Waals surface area contributed by atoms with Gasteiger partial charge in [0.15, 0.2) is 0 Å². The van der Waals surface area contributed by atoms with E-state index < -0.39 is 23.9 Å². The number of amides is 3. The molecular weight excluding hydrogens is 336 g/mol. The summed E-state index contributed by atoms with van der Waals surface area (Å²) in [6.45, 7) is 5.89. The maximum Gasteiger partial charge on any atom is 0.271 e. The standard InChI is InChI=1S/C18H26N4O4/c1-4-10-26-13-7-9-22(18(25)14-6-5-8-21(14)3)15(11-13)17(24)20-12(2)16(19)23/h4-6,8,12-13,15H,1,7,9-11H2,2-3H3,(H2,19,23)(H,20,24). The molecule has 2 rings (SSSR count). The highest BCUT2D eigenvalue weighted by atomic mass is 16.5. The molecule has 1 aliphatic rings. The van der Waals surface area contributed by atoms with Crippen molar-refractivity contribution < 1.29 is 19.1 Å². The Bertz CT molecular complexity index is 684. The average molecular weight is 362 g/mol. The van der Waals surface area contributed by atoms with E-state index in [0.717, 1.165) is 0 Å². The number of aromatic nitrogens is 1. The third-order valence-corrected chi connectivity index (χ3v) is 4.52. The van der Waals surface area contributed by atoms with Crippen LogP contribution in [0.4, 0.5) is 0 Å². The molecule has 0 radical (unpaired) electrons. The van der Waals surface area contributed by atoms with Crippen LogP contribution in [0.5, 0.6) is 0 Å². The lowest BCUT2D eigenvalue weighted by Gasteiger charge is -2.38. The topological polar surface area (TPSA) is 107 Å². The van der Waals surface area contributed by atoms with Crippen LogP contribution in [0.3, 0.4) is 0 Å². The number of aryl methyl sites for hydroxylation is 1. The van der Waals surface area contributed by atoms with Gasteiger partial charge in [-0.2, -0.15) is 0 Å². The van der Waals surface area contributed by atoms with Gasteiger partial charge in [-0.25, -0.2) is 0 Å². The quantitative estimate of drug-likeness (QED) is 0.675. The minimum absolute atomic E-state index is 0.162. The summed E-state index contributed by atoms with van der Waals surface area (Å²) < 4.78 is 7.39. The molecule has 142 valence electrons. The third-order valence-electron chi connectivity index (χ3n) is 4.52. The molecule has 1 aromatic rings. The molecular formula is C18H26N4O4. The van der Waals surface area contributed by atoms with Gasteiger partial charge in [0.25, 0.3) is 5.91 Å². The van der Waals surface area contributed by atoms with Gasteiger partial charge in [-0.3, -0.25) is 14.4 Å². The molecule has 0 aliphatic carbocycles. The Morgan fingerprint density at radius 2 is 2.23 bits per heavy atom. The number of carbonyl (C=O) groups is 3. The molecule has 0 saturated carbocycles. The van der Waals surface area contributed by atoms with E-state index in [0.29, 0.717) is 31.7 Å². The highest BCUT2D eigenvalue weighted by molar-refractivity contribution is 5.97. The molecule has 3 atom stereocenters. The summed E-state index contributed by atoms with van der Waals surface area (Å²) in [4.78, 5) is 38.4. The van der Waals surface area contributed by atoms with E-state index in [1.165, 1.54) is 11.8 Å². The predicted octanol–water partition coefficient (Wildman–Crippen LogP) is 0.191. The highest BCUT2D eigenvalue weighted by Crippen LogP contribution is 2.23. The summed E-state index contributed by atoms with van der Waals surface area (Å²) in [6, 6.07) is 1.94. The van der Waals surface area contributed by atoms with Gasteiger partial charge in [0.05, 0.1) is 12.7 Å². The maximum absolute atomic E-state index is 12.9. The van der Waals surface area contributed by atoms with E-state index in [9.17, 15) is 14.4 Å². The van der Waals surface area contributed by atoms with E-state index in [4.69, 9.17) is 10.5 Å². The highest BCUT2D eigenvalue weighted by Gasteiger charge is 2.38. The summed E-state index contributed by atoms with van der Waals surface area (Å²) >= 11 is 0. The van der Waals surface area contributed by atoms with Crippen molar-refractivity contribution in [2.75, 3.05) is 13.2 Å². The maximum atomic E-state index is 12.9. The second-order valence-corrected chi connectivity index (χ2v) is 6.42. The first-order valence-corrected chi connectivity index (χ1v) is 8.59. The molecule has 0 bridgehead atoms. The summed E-state index contributed by atoms with van der Waals surface area (Å²) in [5.41, 5.74) is 5.72. The second-order valence-electron chi connectivity index (χ2n) is 6.42. The van der Waals surface area contributed by atoms with Crippen LogP contribution in [0.1, 0.15) is 30.3 Å². The molecule has 1 aromatic heterocycles. The number of hydrogen-bond acceptors (Lipinski definition) is 4. The Kier molecular flexibility index (Phi) is 6.57. The van der Waals surface area contributed by atoms with Crippen molar-refractivity contribution in [1.82, 2.24) is 14.8 Å². The van der Waals surface area contributed by atoms with Crippen molar-refractivity contribution >= 4 is 17.7 Å². The van der Waals surface area contributed by atoms with Crippen molar-refractivity contribution in [2.24, 2.45) is 12.8 Å². The van der Waals surface area contributed by atoms with E-state index in [2.05, 4.69) is 11.9 Å². The molecule has 1 fully saturated rings. The van der Waals surface area contributed by atoms with Crippen LogP contribution in [-0.2, 0) is 21.4 Å². The summed E-state index contributed by atoms with van der Waals surface area (Å²) in [6.07, 6.45) is 4.23. The van der Waals surface area contributed by atoms with Gasteiger partial charge in [-0.05, 0) is 25.5 Å². The average Bonchev–Trinajstić information content (AvgIpc) is 3.04. The number of hydrogen-bond donors (Lipinski definition) is 2. The Hall–Kier alpha value is -2.61. The van der Waals surface area contributed by atoms with Crippen LogP contribution >= 0.6 is 0 Å². The van der Waals surface area contributed by atoms with Crippen molar-refractivity contribution in [3.8, 4) is 0 Å². The van der Waals surface area contributed by atoms with Gasteiger partial charge >= 0.3 is 0 Å². The number of nitrogens with zero attached hydrogens (tertiary/aromatic N) is 2. The zero-order valence-corrected chi connectivity index (χ0v) is 15.2. The number of likely N-dealkylation sites (tertiary alicyclic amines) is 1. The number of nitrogens with two attached hydrogens (primary N) is 1. The fraction of sp³-hybridized carbons (Fsp3) is 0.500. The number of nitrogens with one attached hydrogen (secondary N) is 1. The first kappa shape index (κ1) is 19.7. The van der Waals surface area contributed by atoms with E-state index in [-0.39, 0.29) is 12.0 Å². The molecule has 3 N–H and O–H groups in total. The van der Waals surface area contributed by atoms with Crippen molar-refractivity contribution in [2.45, 2.75) is 38.0 Å². The lowest BCUT2D eigenvalue weighted by molar-refractivity contribution is -0.132. The first-order valence-electron chi connectivity index (χ1n) is 8.59.